The van der Waals surface area contributed by atoms with E-state index in [1.54, 1.807) is 11.3 Å². The molecule has 1 aromatic rings. The van der Waals surface area contributed by atoms with Crippen molar-refractivity contribution in [1.82, 2.24) is 9.88 Å². The van der Waals surface area contributed by atoms with Crippen LogP contribution in [0.25, 0.3) is 0 Å². The van der Waals surface area contributed by atoms with Gasteiger partial charge in [0, 0.05) is 11.1 Å². The summed E-state index contributed by atoms with van der Waals surface area (Å²) in [4.78, 5) is 17.9. The van der Waals surface area contributed by atoms with Crippen molar-refractivity contribution in [3.05, 3.63) is 16.1 Å². The van der Waals surface area contributed by atoms with E-state index in [9.17, 15) is 4.79 Å². The topological polar surface area (TPSA) is 42.4 Å². The number of carbonyl (C=O) groups is 1. The molecule has 0 radical (unpaired) electrons. The lowest BCUT2D eigenvalue weighted by Crippen LogP contribution is -2.38. The number of thiazole rings is 1. The summed E-state index contributed by atoms with van der Waals surface area (Å²) in [5.41, 5.74) is 1.03. The monoisotopic (exact) mass is 242 g/mol. The Morgan fingerprint density at radius 1 is 1.69 bits per heavy atom. The second-order valence-corrected chi connectivity index (χ2v) is 4.69. The average molecular weight is 242 g/mol. The first kappa shape index (κ1) is 13.1. The molecule has 0 saturated carbocycles. The molecule has 1 rings (SSSR count). The molecule has 0 aliphatic carbocycles. The van der Waals surface area contributed by atoms with E-state index in [2.05, 4.69) is 4.98 Å². The minimum absolute atomic E-state index is 0.182. The Morgan fingerprint density at radius 2 is 2.38 bits per heavy atom. The van der Waals surface area contributed by atoms with Crippen molar-refractivity contribution < 1.29 is 9.53 Å². The summed E-state index contributed by atoms with van der Waals surface area (Å²) in [5, 5.41) is 3.05. The molecular formula is C11H18N2O2S. The maximum Gasteiger partial charge on any atom is 0.323 e. The number of likely N-dealkylation sites (N-methyl/N-ethyl adjacent to an activating group) is 1. The quantitative estimate of drug-likeness (QED) is 0.739. The van der Waals surface area contributed by atoms with Gasteiger partial charge in [0.1, 0.15) is 11.0 Å². The van der Waals surface area contributed by atoms with Crippen molar-refractivity contribution in [3.63, 3.8) is 0 Å². The van der Waals surface area contributed by atoms with Crippen molar-refractivity contribution >= 4 is 17.3 Å². The summed E-state index contributed by atoms with van der Waals surface area (Å²) in [6, 6.07) is -0.186. The van der Waals surface area contributed by atoms with E-state index in [1.165, 1.54) is 7.11 Å². The van der Waals surface area contributed by atoms with Crippen LogP contribution in [0.1, 0.15) is 24.0 Å². The SMILES string of the molecule is CC[C@@H](C(=O)OC)N(C)Cc1nc(C)cs1. The second-order valence-electron chi connectivity index (χ2n) is 3.74. The fraction of sp³-hybridized carbons (Fsp3) is 0.636. The highest BCUT2D eigenvalue weighted by Gasteiger charge is 2.22. The summed E-state index contributed by atoms with van der Waals surface area (Å²) in [5.74, 6) is -0.182. The molecular weight excluding hydrogens is 224 g/mol. The van der Waals surface area contributed by atoms with Gasteiger partial charge in [0.25, 0.3) is 0 Å². The molecule has 1 atom stereocenters. The van der Waals surface area contributed by atoms with Crippen LogP contribution in [0, 0.1) is 6.92 Å². The standard InChI is InChI=1S/C11H18N2O2S/c1-5-9(11(14)15-4)13(3)6-10-12-8(2)7-16-10/h7,9H,5-6H2,1-4H3/t9-/m0/s1. The van der Waals surface area contributed by atoms with E-state index >= 15 is 0 Å². The molecule has 1 aromatic heterocycles. The van der Waals surface area contributed by atoms with Crippen LogP contribution in [0.4, 0.5) is 0 Å². The largest absolute Gasteiger partial charge is 0.468 e. The third-order valence-corrected chi connectivity index (χ3v) is 3.39. The van der Waals surface area contributed by atoms with Crippen molar-refractivity contribution in [3.8, 4) is 0 Å². The highest BCUT2D eigenvalue weighted by atomic mass is 32.1. The van der Waals surface area contributed by atoms with Gasteiger partial charge in [-0.05, 0) is 20.4 Å². The predicted molar refractivity (Wildman–Crippen MR) is 64.4 cm³/mol. The molecule has 1 heterocycles. The lowest BCUT2D eigenvalue weighted by molar-refractivity contribution is -0.146. The first-order valence-corrected chi connectivity index (χ1v) is 6.15. The van der Waals surface area contributed by atoms with Gasteiger partial charge in [-0.3, -0.25) is 9.69 Å². The lowest BCUT2D eigenvalue weighted by Gasteiger charge is -2.23. The minimum Gasteiger partial charge on any atom is -0.468 e. The maximum absolute atomic E-state index is 11.5. The third-order valence-electron chi connectivity index (χ3n) is 2.44. The molecule has 0 N–H and O–H groups in total. The van der Waals surface area contributed by atoms with Crippen LogP contribution < -0.4 is 0 Å². The highest BCUT2D eigenvalue weighted by Crippen LogP contribution is 2.14. The van der Waals surface area contributed by atoms with E-state index in [4.69, 9.17) is 4.74 Å². The van der Waals surface area contributed by atoms with Crippen LogP contribution in [0.3, 0.4) is 0 Å². The smallest absolute Gasteiger partial charge is 0.323 e. The fourth-order valence-electron chi connectivity index (χ4n) is 1.59. The maximum atomic E-state index is 11.5. The Hall–Kier alpha value is -0.940. The summed E-state index contributed by atoms with van der Waals surface area (Å²) in [6.45, 7) is 4.63. The first-order chi connectivity index (χ1) is 7.58. The zero-order chi connectivity index (χ0) is 12.1. The van der Waals surface area contributed by atoms with Gasteiger partial charge in [0.2, 0.25) is 0 Å². The van der Waals surface area contributed by atoms with E-state index in [-0.39, 0.29) is 12.0 Å². The number of ether oxygens (including phenoxy) is 1. The number of methoxy groups -OCH3 is 1. The molecule has 0 amide bonds. The Morgan fingerprint density at radius 3 is 2.81 bits per heavy atom. The molecule has 0 aliphatic rings. The third kappa shape index (κ3) is 3.28. The molecule has 90 valence electrons. The van der Waals surface area contributed by atoms with Crippen LogP contribution in [0.2, 0.25) is 0 Å². The van der Waals surface area contributed by atoms with Crippen LogP contribution in [-0.4, -0.2) is 36.1 Å². The number of carbonyl (C=O) groups excluding carboxylic acids is 1. The highest BCUT2D eigenvalue weighted by molar-refractivity contribution is 7.09. The molecule has 0 fully saturated rings. The van der Waals surface area contributed by atoms with Gasteiger partial charge in [-0.1, -0.05) is 6.92 Å². The van der Waals surface area contributed by atoms with Crippen molar-refractivity contribution in [2.24, 2.45) is 0 Å². The van der Waals surface area contributed by atoms with E-state index in [0.717, 1.165) is 17.1 Å². The zero-order valence-electron chi connectivity index (χ0n) is 10.2. The van der Waals surface area contributed by atoms with Crippen LogP contribution in [0.15, 0.2) is 5.38 Å². The summed E-state index contributed by atoms with van der Waals surface area (Å²) in [6.07, 6.45) is 0.744. The number of aromatic nitrogens is 1. The minimum atomic E-state index is -0.186. The number of hydrogen-bond donors (Lipinski definition) is 0. The Labute approximate surface area is 100 Å². The number of esters is 1. The normalized spacial score (nSPS) is 12.8. The van der Waals surface area contributed by atoms with Gasteiger partial charge >= 0.3 is 5.97 Å². The molecule has 0 aliphatic heterocycles. The van der Waals surface area contributed by atoms with Gasteiger partial charge < -0.3 is 4.74 Å². The Bertz CT molecular complexity index is 352. The molecule has 0 saturated heterocycles. The molecule has 0 unspecified atom stereocenters. The Kier molecular flexibility index (Phi) is 4.89. The Balaban J connectivity index is 2.62. The number of rotatable bonds is 5. The van der Waals surface area contributed by atoms with E-state index in [1.807, 2.05) is 31.2 Å². The van der Waals surface area contributed by atoms with Crippen LogP contribution in [0.5, 0.6) is 0 Å². The molecule has 4 nitrogen and oxygen atoms in total. The summed E-state index contributed by atoms with van der Waals surface area (Å²) in [7, 11) is 3.34. The fourth-order valence-corrected chi connectivity index (χ4v) is 2.43. The van der Waals surface area contributed by atoms with Crippen LogP contribution in [-0.2, 0) is 16.1 Å². The summed E-state index contributed by atoms with van der Waals surface area (Å²) >= 11 is 1.62. The van der Waals surface area contributed by atoms with Crippen molar-refractivity contribution in [2.45, 2.75) is 32.9 Å². The molecule has 0 aromatic carbocycles. The molecule has 0 spiro atoms. The molecule has 5 heteroatoms. The molecule has 0 bridgehead atoms. The number of hydrogen-bond acceptors (Lipinski definition) is 5. The van der Waals surface area contributed by atoms with Gasteiger partial charge in [-0.25, -0.2) is 4.98 Å². The average Bonchev–Trinajstić information content (AvgIpc) is 2.64. The lowest BCUT2D eigenvalue weighted by atomic mass is 10.2. The molecule has 16 heavy (non-hydrogen) atoms. The van der Waals surface area contributed by atoms with E-state index in [0.29, 0.717) is 6.54 Å². The summed E-state index contributed by atoms with van der Waals surface area (Å²) < 4.78 is 4.77. The van der Waals surface area contributed by atoms with Crippen molar-refractivity contribution in [1.29, 1.82) is 0 Å². The second kappa shape index (κ2) is 5.96. The van der Waals surface area contributed by atoms with Gasteiger partial charge in [-0.15, -0.1) is 11.3 Å². The van der Waals surface area contributed by atoms with Crippen molar-refractivity contribution in [2.75, 3.05) is 14.2 Å². The van der Waals surface area contributed by atoms with E-state index < -0.39 is 0 Å². The number of nitrogens with zero attached hydrogens (tertiary/aromatic N) is 2. The predicted octanol–water partition coefficient (Wildman–Crippen LogP) is 1.83. The van der Waals surface area contributed by atoms with Gasteiger partial charge in [0.05, 0.1) is 13.7 Å². The first-order valence-electron chi connectivity index (χ1n) is 5.27. The van der Waals surface area contributed by atoms with Gasteiger partial charge in [-0.2, -0.15) is 0 Å². The van der Waals surface area contributed by atoms with Crippen LogP contribution >= 0.6 is 11.3 Å². The van der Waals surface area contributed by atoms with Gasteiger partial charge in [0.15, 0.2) is 0 Å². The zero-order valence-corrected chi connectivity index (χ0v) is 11.0. The number of aryl methyl sites for hydroxylation is 1.